The molecule has 4 rings (SSSR count). The second-order valence-corrected chi connectivity index (χ2v) is 7.04. The first-order valence-electron chi connectivity index (χ1n) is 8.68. The van der Waals surface area contributed by atoms with Gasteiger partial charge in [0.15, 0.2) is 5.82 Å². The van der Waals surface area contributed by atoms with Crippen molar-refractivity contribution in [3.8, 4) is 0 Å². The zero-order valence-corrected chi connectivity index (χ0v) is 16.4. The molecule has 0 bridgehead atoms. The largest absolute Gasteiger partial charge is 0.379 e. The fraction of sp³-hybridized carbons (Fsp3) is 0.333. The molecule has 2 aromatic heterocycles. The van der Waals surface area contributed by atoms with Gasteiger partial charge in [-0.05, 0) is 31.3 Å². The summed E-state index contributed by atoms with van der Waals surface area (Å²) >= 11 is 11.9. The van der Waals surface area contributed by atoms with E-state index in [1.165, 1.54) is 0 Å². The Morgan fingerprint density at radius 3 is 2.89 bits per heavy atom. The summed E-state index contributed by atoms with van der Waals surface area (Å²) in [6.45, 7) is 5.72. The first kappa shape index (κ1) is 18.2. The summed E-state index contributed by atoms with van der Waals surface area (Å²) in [5.74, 6) is 0.717. The summed E-state index contributed by atoms with van der Waals surface area (Å²) in [6, 6.07) is 9.79. The third-order valence-electron chi connectivity index (χ3n) is 4.43. The number of rotatable bonds is 4. The van der Waals surface area contributed by atoms with Crippen LogP contribution in [0.25, 0.3) is 10.9 Å². The van der Waals surface area contributed by atoms with E-state index in [0.29, 0.717) is 16.6 Å². The maximum absolute atomic E-state index is 6.31. The quantitative estimate of drug-likeness (QED) is 0.381. The molecule has 3 heterocycles. The van der Waals surface area contributed by atoms with Gasteiger partial charge < -0.3 is 4.74 Å². The summed E-state index contributed by atoms with van der Waals surface area (Å²) in [7, 11) is 0. The van der Waals surface area contributed by atoms with Gasteiger partial charge in [0.2, 0.25) is 4.77 Å². The Kier molecular flexibility index (Phi) is 5.31. The summed E-state index contributed by atoms with van der Waals surface area (Å²) in [5.41, 5.74) is 1.59. The summed E-state index contributed by atoms with van der Waals surface area (Å²) in [6.07, 6.45) is 1.67. The molecule has 9 heteroatoms. The van der Waals surface area contributed by atoms with Crippen molar-refractivity contribution in [1.29, 1.82) is 0 Å². The highest BCUT2D eigenvalue weighted by Gasteiger charge is 2.14. The number of nitrogens with zero attached hydrogens (tertiary/aromatic N) is 6. The number of fused-ring (bicyclic) bond motifs is 1. The van der Waals surface area contributed by atoms with Crippen molar-refractivity contribution in [2.45, 2.75) is 13.6 Å². The van der Waals surface area contributed by atoms with Gasteiger partial charge in [-0.15, -0.1) is 0 Å². The number of hydrogen-bond donors (Lipinski definition) is 0. The molecule has 0 atom stereocenters. The van der Waals surface area contributed by atoms with Crippen molar-refractivity contribution in [1.82, 2.24) is 24.3 Å². The first-order chi connectivity index (χ1) is 13.1. The molecule has 140 valence electrons. The van der Waals surface area contributed by atoms with Crippen LogP contribution in [0.4, 0.5) is 0 Å². The first-order valence-corrected chi connectivity index (χ1v) is 9.46. The van der Waals surface area contributed by atoms with Crippen LogP contribution in [0.2, 0.25) is 5.15 Å². The van der Waals surface area contributed by atoms with Crippen LogP contribution < -0.4 is 0 Å². The number of para-hydroxylation sites is 1. The van der Waals surface area contributed by atoms with Crippen LogP contribution in [0.1, 0.15) is 11.4 Å². The van der Waals surface area contributed by atoms with Crippen molar-refractivity contribution < 1.29 is 4.74 Å². The van der Waals surface area contributed by atoms with Crippen molar-refractivity contribution in [3.05, 3.63) is 51.6 Å². The van der Waals surface area contributed by atoms with Gasteiger partial charge in [-0.1, -0.05) is 29.8 Å². The van der Waals surface area contributed by atoms with Gasteiger partial charge in [0.1, 0.15) is 5.15 Å². The van der Waals surface area contributed by atoms with Crippen LogP contribution in [0.3, 0.4) is 0 Å². The number of aromatic nitrogens is 4. The molecule has 0 aliphatic carbocycles. The fourth-order valence-electron chi connectivity index (χ4n) is 2.98. The van der Waals surface area contributed by atoms with Crippen LogP contribution in [-0.4, -0.2) is 56.9 Å². The molecule has 0 unspecified atom stereocenters. The highest BCUT2D eigenvalue weighted by atomic mass is 35.5. The topological polar surface area (TPSA) is 60.5 Å². The minimum atomic E-state index is 0.405. The Bertz CT molecular complexity index is 1050. The van der Waals surface area contributed by atoms with E-state index in [0.717, 1.165) is 48.6 Å². The maximum Gasteiger partial charge on any atom is 0.220 e. The lowest BCUT2D eigenvalue weighted by molar-refractivity contribution is 0.0209. The SMILES string of the molecule is Cc1nn(CN2CCOCC2)c(=S)n1/N=C/c1cc2ccccc2nc1Cl. The molecule has 1 aliphatic heterocycles. The molecule has 7 nitrogen and oxygen atoms in total. The number of ether oxygens (including phenoxy) is 1. The van der Waals surface area contributed by atoms with Gasteiger partial charge in [-0.2, -0.15) is 14.9 Å². The molecule has 1 aromatic carbocycles. The zero-order valence-electron chi connectivity index (χ0n) is 14.9. The third-order valence-corrected chi connectivity index (χ3v) is 5.11. The number of aryl methyl sites for hydroxylation is 1. The highest BCUT2D eigenvalue weighted by molar-refractivity contribution is 7.71. The molecule has 27 heavy (non-hydrogen) atoms. The van der Waals surface area contributed by atoms with Gasteiger partial charge in [0.25, 0.3) is 0 Å². The number of benzene rings is 1. The van der Waals surface area contributed by atoms with E-state index in [1.54, 1.807) is 15.6 Å². The normalized spacial score (nSPS) is 15.8. The van der Waals surface area contributed by atoms with Crippen molar-refractivity contribution in [3.63, 3.8) is 0 Å². The van der Waals surface area contributed by atoms with Gasteiger partial charge >= 0.3 is 0 Å². The Labute approximate surface area is 166 Å². The van der Waals surface area contributed by atoms with Gasteiger partial charge in [0.05, 0.1) is 31.6 Å². The molecule has 3 aromatic rings. The van der Waals surface area contributed by atoms with E-state index in [2.05, 4.69) is 20.1 Å². The average molecular weight is 403 g/mol. The van der Waals surface area contributed by atoms with E-state index in [4.69, 9.17) is 28.6 Å². The predicted octanol–water partition coefficient (Wildman–Crippen LogP) is 3.10. The van der Waals surface area contributed by atoms with Gasteiger partial charge in [0, 0.05) is 24.0 Å². The van der Waals surface area contributed by atoms with Crippen LogP contribution in [0.5, 0.6) is 0 Å². The van der Waals surface area contributed by atoms with Crippen LogP contribution in [0, 0.1) is 11.7 Å². The molecule has 1 saturated heterocycles. The van der Waals surface area contributed by atoms with Crippen LogP contribution in [-0.2, 0) is 11.4 Å². The molecule has 0 amide bonds. The van der Waals surface area contributed by atoms with Gasteiger partial charge in [-0.25, -0.2) is 9.67 Å². The minimum absolute atomic E-state index is 0.405. The van der Waals surface area contributed by atoms with E-state index < -0.39 is 0 Å². The molecule has 0 spiro atoms. The Hall–Kier alpha value is -2.13. The lowest BCUT2D eigenvalue weighted by Gasteiger charge is -2.25. The van der Waals surface area contributed by atoms with Crippen LogP contribution in [0.15, 0.2) is 35.4 Å². The van der Waals surface area contributed by atoms with Crippen molar-refractivity contribution in [2.75, 3.05) is 26.3 Å². The average Bonchev–Trinajstić information content (AvgIpc) is 2.94. The van der Waals surface area contributed by atoms with Crippen molar-refractivity contribution >= 4 is 40.9 Å². The number of pyridine rings is 1. The molecular formula is C18H19ClN6OS. The highest BCUT2D eigenvalue weighted by Crippen LogP contribution is 2.19. The number of morpholine rings is 1. The number of halogens is 1. The summed E-state index contributed by atoms with van der Waals surface area (Å²) < 4.78 is 9.35. The zero-order chi connectivity index (χ0) is 18.8. The minimum Gasteiger partial charge on any atom is -0.379 e. The summed E-state index contributed by atoms with van der Waals surface area (Å²) in [4.78, 5) is 6.67. The Balaban J connectivity index is 1.60. The van der Waals surface area contributed by atoms with Crippen molar-refractivity contribution in [2.24, 2.45) is 5.10 Å². The predicted molar refractivity (Wildman–Crippen MR) is 108 cm³/mol. The molecule has 0 saturated carbocycles. The molecule has 0 N–H and O–H groups in total. The van der Waals surface area contributed by atoms with Crippen LogP contribution >= 0.6 is 23.8 Å². The van der Waals surface area contributed by atoms with Gasteiger partial charge in [-0.3, -0.25) is 4.90 Å². The molecule has 1 fully saturated rings. The summed E-state index contributed by atoms with van der Waals surface area (Å²) in [5, 5.41) is 10.4. The third kappa shape index (κ3) is 3.93. The number of hydrogen-bond acceptors (Lipinski definition) is 6. The molecule has 0 radical (unpaired) electrons. The lowest BCUT2D eigenvalue weighted by Crippen LogP contribution is -2.37. The smallest absolute Gasteiger partial charge is 0.220 e. The Morgan fingerprint density at radius 1 is 1.30 bits per heavy atom. The monoisotopic (exact) mass is 402 g/mol. The molecular weight excluding hydrogens is 384 g/mol. The molecule has 1 aliphatic rings. The van der Waals surface area contributed by atoms with E-state index in [-0.39, 0.29) is 0 Å². The maximum atomic E-state index is 6.31. The standard InChI is InChI=1S/C18H19ClN6OS/c1-13-22-24(12-23-6-8-26-9-7-23)18(27)25(13)20-11-15-10-14-4-2-3-5-16(14)21-17(15)19/h2-5,10-11H,6-9,12H2,1H3/b20-11+. The lowest BCUT2D eigenvalue weighted by atomic mass is 10.2. The van der Waals surface area contributed by atoms with E-state index in [1.807, 2.05) is 37.3 Å². The van der Waals surface area contributed by atoms with E-state index in [9.17, 15) is 0 Å². The Morgan fingerprint density at radius 2 is 2.07 bits per heavy atom. The fourth-order valence-corrected chi connectivity index (χ4v) is 3.46. The second kappa shape index (κ2) is 7.85. The second-order valence-electron chi connectivity index (χ2n) is 6.32. The van der Waals surface area contributed by atoms with E-state index >= 15 is 0 Å².